The summed E-state index contributed by atoms with van der Waals surface area (Å²) in [6.45, 7) is 8.95. The molecular weight excluding hydrogens is 356 g/mol. The van der Waals surface area contributed by atoms with Crippen LogP contribution in [-0.2, 0) is 15.9 Å². The molecular formula is C22H27BFNO3. The minimum atomic E-state index is -0.416. The van der Waals surface area contributed by atoms with E-state index >= 15 is 0 Å². The molecule has 148 valence electrons. The zero-order valence-electron chi connectivity index (χ0n) is 16.9. The van der Waals surface area contributed by atoms with Gasteiger partial charge in [0, 0.05) is 12.6 Å². The van der Waals surface area contributed by atoms with Gasteiger partial charge >= 0.3 is 7.12 Å². The van der Waals surface area contributed by atoms with Gasteiger partial charge in [-0.05, 0) is 88.0 Å². The van der Waals surface area contributed by atoms with Crippen LogP contribution in [0.15, 0.2) is 42.5 Å². The third kappa shape index (κ3) is 4.09. The topological polar surface area (TPSA) is 39.7 Å². The van der Waals surface area contributed by atoms with Crippen molar-refractivity contribution in [1.82, 2.24) is 5.32 Å². The summed E-state index contributed by atoms with van der Waals surface area (Å²) in [5.41, 5.74) is 1.33. The number of halogens is 1. The molecule has 0 amide bonds. The molecule has 0 spiro atoms. The number of benzene rings is 2. The first kappa shape index (κ1) is 19.4. The van der Waals surface area contributed by atoms with Crippen LogP contribution in [0.4, 0.5) is 4.39 Å². The minimum Gasteiger partial charge on any atom is -0.457 e. The second-order valence-electron chi connectivity index (χ2n) is 8.66. The van der Waals surface area contributed by atoms with Gasteiger partial charge in [-0.3, -0.25) is 0 Å². The molecule has 1 aliphatic carbocycles. The smallest absolute Gasteiger partial charge is 0.457 e. The highest BCUT2D eigenvalue weighted by Crippen LogP contribution is 2.37. The van der Waals surface area contributed by atoms with Crippen molar-refractivity contribution in [3.05, 3.63) is 53.8 Å². The molecule has 0 bridgehead atoms. The molecule has 2 fully saturated rings. The lowest BCUT2D eigenvalue weighted by Crippen LogP contribution is -2.41. The van der Waals surface area contributed by atoms with Crippen LogP contribution in [0.2, 0.25) is 0 Å². The Labute approximate surface area is 166 Å². The van der Waals surface area contributed by atoms with E-state index in [0.717, 1.165) is 17.6 Å². The Morgan fingerprint density at radius 2 is 1.61 bits per heavy atom. The Hall–Kier alpha value is -1.89. The molecule has 0 aromatic heterocycles. The van der Waals surface area contributed by atoms with Crippen molar-refractivity contribution in [3.63, 3.8) is 0 Å². The fourth-order valence-corrected chi connectivity index (χ4v) is 3.18. The SMILES string of the molecule is CC1(C)OB(c2ccc(Oc3ccc(F)cc3)cc2CNC2CC2)OC1(C)C. The van der Waals surface area contributed by atoms with Crippen LogP contribution in [0.1, 0.15) is 46.1 Å². The van der Waals surface area contributed by atoms with Crippen LogP contribution in [0.25, 0.3) is 0 Å². The summed E-state index contributed by atoms with van der Waals surface area (Å²) in [7, 11) is -0.416. The number of nitrogens with one attached hydrogen (secondary N) is 1. The molecule has 4 rings (SSSR count). The highest BCUT2D eigenvalue weighted by Gasteiger charge is 2.52. The van der Waals surface area contributed by atoms with E-state index in [2.05, 4.69) is 33.0 Å². The Balaban J connectivity index is 1.59. The van der Waals surface area contributed by atoms with E-state index in [1.165, 1.54) is 25.0 Å². The van der Waals surface area contributed by atoms with Crippen molar-refractivity contribution < 1.29 is 18.4 Å². The Morgan fingerprint density at radius 1 is 1.00 bits per heavy atom. The van der Waals surface area contributed by atoms with Gasteiger partial charge in [0.15, 0.2) is 0 Å². The first-order valence-corrected chi connectivity index (χ1v) is 9.89. The Morgan fingerprint density at radius 3 is 2.21 bits per heavy atom. The zero-order chi connectivity index (χ0) is 19.9. The molecule has 0 unspecified atom stereocenters. The monoisotopic (exact) mass is 383 g/mol. The third-order valence-corrected chi connectivity index (χ3v) is 5.83. The van der Waals surface area contributed by atoms with Gasteiger partial charge in [-0.1, -0.05) is 6.07 Å². The molecule has 1 aliphatic heterocycles. The van der Waals surface area contributed by atoms with Crippen LogP contribution < -0.4 is 15.5 Å². The van der Waals surface area contributed by atoms with Gasteiger partial charge in [0.25, 0.3) is 0 Å². The third-order valence-electron chi connectivity index (χ3n) is 5.83. The number of ether oxygens (including phenoxy) is 1. The quantitative estimate of drug-likeness (QED) is 0.761. The summed E-state index contributed by atoms with van der Waals surface area (Å²) in [6, 6.07) is 12.5. The van der Waals surface area contributed by atoms with Crippen molar-refractivity contribution in [1.29, 1.82) is 0 Å². The fraction of sp³-hybridized carbons (Fsp3) is 0.455. The van der Waals surface area contributed by atoms with Gasteiger partial charge in [-0.25, -0.2) is 4.39 Å². The van der Waals surface area contributed by atoms with Crippen molar-refractivity contribution in [2.24, 2.45) is 0 Å². The first-order valence-electron chi connectivity index (χ1n) is 9.89. The van der Waals surface area contributed by atoms with Crippen LogP contribution >= 0.6 is 0 Å². The lowest BCUT2D eigenvalue weighted by molar-refractivity contribution is 0.00578. The van der Waals surface area contributed by atoms with Gasteiger partial charge in [0.1, 0.15) is 17.3 Å². The first-order chi connectivity index (χ1) is 13.2. The van der Waals surface area contributed by atoms with Crippen molar-refractivity contribution in [3.8, 4) is 11.5 Å². The lowest BCUT2D eigenvalue weighted by atomic mass is 9.75. The summed E-state index contributed by atoms with van der Waals surface area (Å²) >= 11 is 0. The largest absolute Gasteiger partial charge is 0.495 e. The molecule has 1 N–H and O–H groups in total. The fourth-order valence-electron chi connectivity index (χ4n) is 3.18. The van der Waals surface area contributed by atoms with Crippen LogP contribution in [0.5, 0.6) is 11.5 Å². The number of rotatable bonds is 6. The Kier molecular flexibility index (Phi) is 4.98. The van der Waals surface area contributed by atoms with Crippen LogP contribution in [-0.4, -0.2) is 24.4 Å². The highest BCUT2D eigenvalue weighted by molar-refractivity contribution is 6.62. The molecule has 4 nitrogen and oxygen atoms in total. The van der Waals surface area contributed by atoms with E-state index in [1.54, 1.807) is 12.1 Å². The van der Waals surface area contributed by atoms with E-state index in [-0.39, 0.29) is 17.0 Å². The van der Waals surface area contributed by atoms with Crippen molar-refractivity contribution in [2.45, 2.75) is 64.3 Å². The highest BCUT2D eigenvalue weighted by atomic mass is 19.1. The summed E-state index contributed by atoms with van der Waals surface area (Å²) in [5.74, 6) is 1.03. The van der Waals surface area contributed by atoms with E-state index < -0.39 is 7.12 Å². The molecule has 2 aromatic rings. The number of hydrogen-bond donors (Lipinski definition) is 1. The van der Waals surface area contributed by atoms with E-state index in [0.29, 0.717) is 17.5 Å². The molecule has 2 aromatic carbocycles. The average Bonchev–Trinajstić information content (AvgIpc) is 3.42. The van der Waals surface area contributed by atoms with E-state index in [4.69, 9.17) is 14.0 Å². The van der Waals surface area contributed by atoms with Crippen molar-refractivity contribution in [2.75, 3.05) is 0 Å². The average molecular weight is 383 g/mol. The molecule has 28 heavy (non-hydrogen) atoms. The standard InChI is InChI=1S/C22H27BFNO3/c1-21(2)22(3,4)28-23(27-21)20-12-11-19(13-15(20)14-25-17-7-8-17)26-18-9-5-16(24)6-10-18/h5-6,9-13,17,25H,7-8,14H2,1-4H3. The van der Waals surface area contributed by atoms with Crippen LogP contribution in [0, 0.1) is 5.82 Å². The van der Waals surface area contributed by atoms with Gasteiger partial charge in [-0.15, -0.1) is 0 Å². The Bertz CT molecular complexity index is 833. The number of hydrogen-bond acceptors (Lipinski definition) is 4. The van der Waals surface area contributed by atoms with E-state index in [1.807, 2.05) is 18.2 Å². The van der Waals surface area contributed by atoms with Gasteiger partial charge in [-0.2, -0.15) is 0 Å². The molecule has 1 saturated heterocycles. The summed E-state index contributed by atoms with van der Waals surface area (Å²) in [4.78, 5) is 0. The maximum Gasteiger partial charge on any atom is 0.495 e. The normalized spacial score (nSPS) is 20.4. The van der Waals surface area contributed by atoms with Gasteiger partial charge in [0.05, 0.1) is 11.2 Å². The minimum absolute atomic E-state index is 0.280. The summed E-state index contributed by atoms with van der Waals surface area (Å²) < 4.78 is 31.6. The summed E-state index contributed by atoms with van der Waals surface area (Å²) in [6.07, 6.45) is 2.44. The predicted molar refractivity (Wildman–Crippen MR) is 108 cm³/mol. The second-order valence-corrected chi connectivity index (χ2v) is 8.66. The molecule has 0 radical (unpaired) electrons. The lowest BCUT2D eigenvalue weighted by Gasteiger charge is -2.32. The van der Waals surface area contributed by atoms with Gasteiger partial charge in [0.2, 0.25) is 0 Å². The second kappa shape index (κ2) is 7.18. The maximum absolute atomic E-state index is 13.1. The van der Waals surface area contributed by atoms with Crippen molar-refractivity contribution >= 4 is 12.6 Å². The molecule has 0 atom stereocenters. The molecule has 2 aliphatic rings. The molecule has 6 heteroatoms. The maximum atomic E-state index is 13.1. The van der Waals surface area contributed by atoms with Crippen LogP contribution in [0.3, 0.4) is 0 Å². The molecule has 1 heterocycles. The predicted octanol–water partition coefficient (Wildman–Crippen LogP) is 4.17. The zero-order valence-corrected chi connectivity index (χ0v) is 16.9. The summed E-state index contributed by atoms with van der Waals surface area (Å²) in [5, 5.41) is 3.56. The van der Waals surface area contributed by atoms with Gasteiger partial charge < -0.3 is 19.4 Å². The van der Waals surface area contributed by atoms with E-state index in [9.17, 15) is 4.39 Å². The molecule has 1 saturated carbocycles.